The molecule has 1 heterocycles. The summed E-state index contributed by atoms with van der Waals surface area (Å²) in [5.74, 6) is -2.22. The Morgan fingerprint density at radius 1 is 1.19 bits per heavy atom. The standard InChI is InChI=1S/C22H26F2N2O4S/c1-13-6-9-20-16(10-13)19(12-22(3,4)30-20)25-21(27)14(2)26(31(5,28)29)15-7-8-17(23)18(24)11-15/h6-11,14,19H,12H2,1-5H3,(H,25,27)/t14-,19+/m0/s1. The number of hydrogen-bond acceptors (Lipinski definition) is 4. The lowest BCUT2D eigenvalue weighted by Crippen LogP contribution is -2.50. The van der Waals surface area contributed by atoms with Crippen LogP contribution in [0.3, 0.4) is 0 Å². The molecule has 2 aromatic rings. The van der Waals surface area contributed by atoms with Crippen molar-refractivity contribution in [2.24, 2.45) is 0 Å². The third-order valence-corrected chi connectivity index (χ3v) is 6.43. The van der Waals surface area contributed by atoms with E-state index in [2.05, 4.69) is 5.32 Å². The molecule has 168 valence electrons. The minimum Gasteiger partial charge on any atom is -0.487 e. The Hall–Kier alpha value is -2.68. The molecule has 1 N–H and O–H groups in total. The lowest BCUT2D eigenvalue weighted by molar-refractivity contribution is -0.123. The number of halogens is 2. The Labute approximate surface area is 181 Å². The van der Waals surface area contributed by atoms with E-state index < -0.39 is 45.2 Å². The maximum absolute atomic E-state index is 13.7. The summed E-state index contributed by atoms with van der Waals surface area (Å²) in [6.45, 7) is 7.14. The van der Waals surface area contributed by atoms with Crippen molar-refractivity contribution in [2.45, 2.75) is 51.8 Å². The van der Waals surface area contributed by atoms with Crippen molar-refractivity contribution in [2.75, 3.05) is 10.6 Å². The first kappa shape index (κ1) is 23.0. The van der Waals surface area contributed by atoms with Crippen molar-refractivity contribution in [1.29, 1.82) is 0 Å². The van der Waals surface area contributed by atoms with E-state index in [9.17, 15) is 22.0 Å². The molecule has 31 heavy (non-hydrogen) atoms. The molecule has 0 aromatic heterocycles. The molecular weight excluding hydrogens is 426 g/mol. The van der Waals surface area contributed by atoms with Crippen LogP contribution in [0, 0.1) is 18.6 Å². The number of benzene rings is 2. The number of hydrogen-bond donors (Lipinski definition) is 1. The number of sulfonamides is 1. The maximum Gasteiger partial charge on any atom is 0.244 e. The van der Waals surface area contributed by atoms with Crippen LogP contribution in [-0.4, -0.2) is 32.2 Å². The summed E-state index contributed by atoms with van der Waals surface area (Å²) in [6, 6.07) is 6.79. The molecule has 0 aliphatic carbocycles. The zero-order valence-electron chi connectivity index (χ0n) is 18.1. The predicted molar refractivity (Wildman–Crippen MR) is 115 cm³/mol. The smallest absolute Gasteiger partial charge is 0.244 e. The van der Waals surface area contributed by atoms with Crippen LogP contribution < -0.4 is 14.4 Å². The third kappa shape index (κ3) is 4.98. The average molecular weight is 453 g/mol. The van der Waals surface area contributed by atoms with Crippen LogP contribution in [0.4, 0.5) is 14.5 Å². The molecule has 0 fully saturated rings. The van der Waals surface area contributed by atoms with Crippen LogP contribution in [0.5, 0.6) is 5.75 Å². The Kier molecular flexibility index (Phi) is 6.01. The number of carbonyl (C=O) groups is 1. The molecule has 1 aliphatic rings. The van der Waals surface area contributed by atoms with Gasteiger partial charge < -0.3 is 10.1 Å². The summed E-state index contributed by atoms with van der Waals surface area (Å²) >= 11 is 0. The average Bonchev–Trinajstić information content (AvgIpc) is 2.63. The Bertz CT molecular complexity index is 1120. The summed E-state index contributed by atoms with van der Waals surface area (Å²) in [6.07, 6.45) is 1.39. The zero-order valence-corrected chi connectivity index (χ0v) is 18.9. The van der Waals surface area contributed by atoms with Gasteiger partial charge in [-0.1, -0.05) is 17.7 Å². The number of ether oxygens (including phenoxy) is 1. The number of carbonyl (C=O) groups excluding carboxylic acids is 1. The molecule has 1 amide bonds. The minimum atomic E-state index is -3.96. The van der Waals surface area contributed by atoms with Crippen molar-refractivity contribution < 1.29 is 26.7 Å². The van der Waals surface area contributed by atoms with Gasteiger partial charge in [-0.05, 0) is 45.9 Å². The molecule has 0 bridgehead atoms. The lowest BCUT2D eigenvalue weighted by Gasteiger charge is -2.39. The van der Waals surface area contributed by atoms with Crippen LogP contribution in [0.25, 0.3) is 0 Å². The fourth-order valence-corrected chi connectivity index (χ4v) is 4.99. The monoisotopic (exact) mass is 452 g/mol. The van der Waals surface area contributed by atoms with E-state index in [1.165, 1.54) is 6.92 Å². The van der Waals surface area contributed by atoms with Crippen molar-refractivity contribution in [3.63, 3.8) is 0 Å². The summed E-state index contributed by atoms with van der Waals surface area (Å²) in [5.41, 5.74) is 1.13. The molecule has 2 atom stereocenters. The van der Waals surface area contributed by atoms with Gasteiger partial charge in [0.05, 0.1) is 18.0 Å². The van der Waals surface area contributed by atoms with E-state index in [1.807, 2.05) is 39.0 Å². The number of nitrogens with zero attached hydrogens (tertiary/aromatic N) is 1. The molecule has 0 saturated carbocycles. The van der Waals surface area contributed by atoms with Gasteiger partial charge in [0, 0.05) is 18.1 Å². The molecule has 2 aromatic carbocycles. The predicted octanol–water partition coefficient (Wildman–Crippen LogP) is 3.85. The second-order valence-corrected chi connectivity index (χ2v) is 10.4. The van der Waals surface area contributed by atoms with Crippen LogP contribution >= 0.6 is 0 Å². The van der Waals surface area contributed by atoms with Crippen molar-refractivity contribution in [1.82, 2.24) is 5.32 Å². The van der Waals surface area contributed by atoms with Gasteiger partial charge in [-0.2, -0.15) is 0 Å². The van der Waals surface area contributed by atoms with Gasteiger partial charge in [0.2, 0.25) is 15.9 Å². The topological polar surface area (TPSA) is 75.7 Å². The zero-order chi connectivity index (χ0) is 23.1. The van der Waals surface area contributed by atoms with E-state index >= 15 is 0 Å². The molecule has 0 unspecified atom stereocenters. The number of fused-ring (bicyclic) bond motifs is 1. The first-order valence-electron chi connectivity index (χ1n) is 9.83. The van der Waals surface area contributed by atoms with Crippen LogP contribution in [0.15, 0.2) is 36.4 Å². The summed E-state index contributed by atoms with van der Waals surface area (Å²) in [5, 5.41) is 2.91. The molecule has 6 nitrogen and oxygen atoms in total. The van der Waals surface area contributed by atoms with Gasteiger partial charge in [0.15, 0.2) is 11.6 Å². The quantitative estimate of drug-likeness (QED) is 0.748. The van der Waals surface area contributed by atoms with E-state index in [1.54, 1.807) is 0 Å². The van der Waals surface area contributed by atoms with Crippen molar-refractivity contribution >= 4 is 21.6 Å². The third-order valence-electron chi connectivity index (χ3n) is 5.19. The molecule has 3 rings (SSSR count). The van der Waals surface area contributed by atoms with Crippen LogP contribution in [-0.2, 0) is 14.8 Å². The van der Waals surface area contributed by atoms with Crippen LogP contribution in [0.1, 0.15) is 44.4 Å². The van der Waals surface area contributed by atoms with Gasteiger partial charge in [-0.3, -0.25) is 9.10 Å². The van der Waals surface area contributed by atoms with Gasteiger partial charge >= 0.3 is 0 Å². The molecule has 0 radical (unpaired) electrons. The first-order chi connectivity index (χ1) is 14.3. The van der Waals surface area contributed by atoms with Gasteiger partial charge in [0.1, 0.15) is 17.4 Å². The number of nitrogens with one attached hydrogen (secondary N) is 1. The highest BCUT2D eigenvalue weighted by atomic mass is 32.2. The first-order valence-corrected chi connectivity index (χ1v) is 11.7. The van der Waals surface area contributed by atoms with Gasteiger partial charge in [-0.15, -0.1) is 0 Å². The van der Waals surface area contributed by atoms with Crippen molar-refractivity contribution in [3.8, 4) is 5.75 Å². The highest BCUT2D eigenvalue weighted by molar-refractivity contribution is 7.92. The second-order valence-electron chi connectivity index (χ2n) is 8.50. The van der Waals surface area contributed by atoms with Crippen molar-refractivity contribution in [3.05, 3.63) is 59.2 Å². The Morgan fingerprint density at radius 3 is 2.48 bits per heavy atom. The SMILES string of the molecule is Cc1ccc2c(c1)[C@H](NC(=O)[C@H](C)N(c1ccc(F)c(F)c1)S(C)(=O)=O)CC(C)(C)O2. The molecule has 9 heteroatoms. The van der Waals surface area contributed by atoms with E-state index in [0.717, 1.165) is 39.9 Å². The molecule has 1 aliphatic heterocycles. The van der Waals surface area contributed by atoms with Crippen LogP contribution in [0.2, 0.25) is 0 Å². The van der Waals surface area contributed by atoms with Gasteiger partial charge in [-0.25, -0.2) is 17.2 Å². The summed E-state index contributed by atoms with van der Waals surface area (Å²) in [7, 11) is -3.96. The number of anilines is 1. The maximum atomic E-state index is 13.7. The summed E-state index contributed by atoms with van der Waals surface area (Å²) in [4.78, 5) is 13.1. The van der Waals surface area contributed by atoms with E-state index in [-0.39, 0.29) is 5.69 Å². The summed E-state index contributed by atoms with van der Waals surface area (Å²) < 4.78 is 58.7. The van der Waals surface area contributed by atoms with E-state index in [4.69, 9.17) is 4.74 Å². The number of rotatable bonds is 5. The second kappa shape index (κ2) is 8.11. The normalized spacial score (nSPS) is 18.5. The molecule has 0 saturated heterocycles. The van der Waals surface area contributed by atoms with Gasteiger partial charge in [0.25, 0.3) is 0 Å². The van der Waals surface area contributed by atoms with E-state index in [0.29, 0.717) is 12.2 Å². The Balaban J connectivity index is 1.92. The molecular formula is C22H26F2N2O4S. The fourth-order valence-electron chi connectivity index (χ4n) is 3.83. The highest BCUT2D eigenvalue weighted by Gasteiger charge is 2.37. The highest BCUT2D eigenvalue weighted by Crippen LogP contribution is 2.40. The Morgan fingerprint density at radius 2 is 1.87 bits per heavy atom. The number of amides is 1. The fraction of sp³-hybridized carbons (Fsp3) is 0.409. The lowest BCUT2D eigenvalue weighted by atomic mass is 9.89. The minimum absolute atomic E-state index is 0.132. The molecule has 0 spiro atoms. The largest absolute Gasteiger partial charge is 0.487 e. The number of aryl methyl sites for hydroxylation is 1.